The Labute approximate surface area is 369 Å². The minimum atomic E-state index is -0.474. The quantitative estimate of drug-likeness (QED) is 0.0575. The van der Waals surface area contributed by atoms with Crippen molar-refractivity contribution >= 4 is 62.6 Å². The van der Waals surface area contributed by atoms with Crippen molar-refractivity contribution in [2.75, 3.05) is 82.9 Å². The molecule has 0 saturated carbocycles. The van der Waals surface area contributed by atoms with Crippen LogP contribution < -0.4 is 36.4 Å². The lowest BCUT2D eigenvalue weighted by molar-refractivity contribution is -0.115. The molecule has 7 rings (SSSR count). The summed E-state index contributed by atoms with van der Waals surface area (Å²) in [6.07, 6.45) is 6.90. The first kappa shape index (κ1) is 44.5. The van der Waals surface area contributed by atoms with E-state index in [0.717, 1.165) is 45.5 Å². The maximum absolute atomic E-state index is 13.4. The zero-order valence-corrected chi connectivity index (χ0v) is 36.7. The number of rotatable bonds is 20. The first-order chi connectivity index (χ1) is 30.9. The molecule has 0 aliphatic heterocycles. The molecule has 0 spiro atoms. The molecule has 3 aromatic carbocycles. The summed E-state index contributed by atoms with van der Waals surface area (Å²) in [7, 11) is 11.1. The topological polar surface area (TPSA) is 213 Å². The molecule has 0 unspecified atom stereocenters. The Bertz CT molecular complexity index is 2870. The average molecular weight is 869 g/mol. The van der Waals surface area contributed by atoms with Crippen LogP contribution in [0, 0.1) is 0 Å². The Morgan fingerprint density at radius 2 is 1.70 bits per heavy atom. The molecular weight excluding hydrogens is 817 g/mol. The van der Waals surface area contributed by atoms with E-state index in [0.29, 0.717) is 53.8 Å². The number of para-hydroxylation sites is 1. The van der Waals surface area contributed by atoms with Gasteiger partial charge in [0.1, 0.15) is 17.9 Å². The molecule has 18 nitrogen and oxygen atoms in total. The molecule has 0 atom stereocenters. The third-order valence-electron chi connectivity index (χ3n) is 10.5. The van der Waals surface area contributed by atoms with Gasteiger partial charge in [-0.1, -0.05) is 42.5 Å². The number of nitrogen functional groups attached to an aromatic ring is 1. The maximum Gasteiger partial charge on any atom is 0.328 e. The molecule has 0 bridgehead atoms. The second-order valence-corrected chi connectivity index (χ2v) is 15.4. The van der Waals surface area contributed by atoms with Crippen molar-refractivity contribution < 1.29 is 23.8 Å². The summed E-state index contributed by atoms with van der Waals surface area (Å²) in [6.45, 7) is 2.21. The number of benzene rings is 3. The van der Waals surface area contributed by atoms with Crippen LogP contribution in [-0.4, -0.2) is 112 Å². The van der Waals surface area contributed by atoms with Crippen LogP contribution in [0.25, 0.3) is 33.3 Å². The van der Waals surface area contributed by atoms with Crippen molar-refractivity contribution in [1.82, 2.24) is 39.0 Å². The molecule has 64 heavy (non-hydrogen) atoms. The number of amides is 1. The third kappa shape index (κ3) is 10.5. The molecule has 0 aliphatic carbocycles. The summed E-state index contributed by atoms with van der Waals surface area (Å²) in [6, 6.07) is 21.2. The number of aryl methyl sites for hydroxylation is 2. The van der Waals surface area contributed by atoms with Crippen molar-refractivity contribution in [3.8, 4) is 23.0 Å². The van der Waals surface area contributed by atoms with Crippen LogP contribution in [0.5, 0.6) is 11.8 Å². The number of aromatic nitrogens is 7. The first-order valence-electron chi connectivity index (χ1n) is 20.6. The molecule has 7 aromatic rings. The molecule has 4 heterocycles. The minimum absolute atomic E-state index is 0.0444. The predicted molar refractivity (Wildman–Crippen MR) is 249 cm³/mol. The number of hydrogen-bond donors (Lipinski definition) is 4. The van der Waals surface area contributed by atoms with E-state index in [9.17, 15) is 14.4 Å². The summed E-state index contributed by atoms with van der Waals surface area (Å²) in [5.74, 6) is 0.278. The van der Waals surface area contributed by atoms with Gasteiger partial charge >= 0.3 is 11.7 Å². The summed E-state index contributed by atoms with van der Waals surface area (Å²) in [5, 5.41) is 7.35. The number of nitrogens with one attached hydrogen (secondary N) is 3. The first-order valence-corrected chi connectivity index (χ1v) is 20.6. The number of carbonyl (C=O) groups is 2. The fourth-order valence-corrected chi connectivity index (χ4v) is 7.10. The van der Waals surface area contributed by atoms with E-state index in [1.54, 1.807) is 26.5 Å². The van der Waals surface area contributed by atoms with Gasteiger partial charge in [0.05, 0.1) is 43.0 Å². The van der Waals surface area contributed by atoms with E-state index in [1.807, 2.05) is 87.8 Å². The molecule has 0 radical (unpaired) electrons. The number of nitrogens with zero attached hydrogens (tertiary/aromatic N) is 8. The van der Waals surface area contributed by atoms with Gasteiger partial charge in [0.15, 0.2) is 17.2 Å². The molecule has 4 aromatic heterocycles. The van der Waals surface area contributed by atoms with Crippen molar-refractivity contribution in [3.63, 3.8) is 0 Å². The number of fused-ring (bicyclic) bond motifs is 2. The number of imidazole rings is 1. The smallest absolute Gasteiger partial charge is 0.328 e. The highest BCUT2D eigenvalue weighted by Crippen LogP contribution is 2.38. The number of carbonyl (C=O) groups excluding carboxylic acids is 2. The predicted octanol–water partition coefficient (Wildman–Crippen LogP) is 5.17. The summed E-state index contributed by atoms with van der Waals surface area (Å²) in [4.78, 5) is 63.9. The van der Waals surface area contributed by atoms with E-state index in [2.05, 4.69) is 52.2 Å². The van der Waals surface area contributed by atoms with Gasteiger partial charge in [-0.2, -0.15) is 9.97 Å². The van der Waals surface area contributed by atoms with Gasteiger partial charge in [0.25, 0.3) is 0 Å². The number of anilines is 5. The Hall–Kier alpha value is -7.57. The van der Waals surface area contributed by atoms with E-state index >= 15 is 0 Å². The van der Waals surface area contributed by atoms with Crippen LogP contribution in [0.15, 0.2) is 96.1 Å². The number of methoxy groups -OCH3 is 2. The highest BCUT2D eigenvalue weighted by atomic mass is 16.5. The largest absolute Gasteiger partial charge is 0.494 e. The second-order valence-electron chi connectivity index (χ2n) is 15.4. The number of nitrogens with two attached hydrogens (primary N) is 1. The zero-order valence-electron chi connectivity index (χ0n) is 36.7. The van der Waals surface area contributed by atoms with Crippen LogP contribution in [0.1, 0.15) is 17.5 Å². The van der Waals surface area contributed by atoms with Gasteiger partial charge in [0, 0.05) is 81.7 Å². The molecule has 0 fully saturated rings. The van der Waals surface area contributed by atoms with Crippen LogP contribution in [-0.2, 0) is 34.3 Å². The van der Waals surface area contributed by atoms with Crippen LogP contribution >= 0.6 is 0 Å². The highest BCUT2D eigenvalue weighted by Gasteiger charge is 2.19. The number of H-pyrrole nitrogens is 1. The molecule has 1 amide bonds. The number of ether oxygens (including phenoxy) is 3. The Kier molecular flexibility index (Phi) is 14.0. The zero-order chi connectivity index (χ0) is 45.3. The normalized spacial score (nSPS) is 11.5. The lowest BCUT2D eigenvalue weighted by Gasteiger charge is -2.26. The third-order valence-corrected chi connectivity index (χ3v) is 10.5. The van der Waals surface area contributed by atoms with Crippen LogP contribution in [0.4, 0.5) is 28.8 Å². The van der Waals surface area contributed by atoms with Crippen molar-refractivity contribution in [1.29, 1.82) is 0 Å². The lowest BCUT2D eigenvalue weighted by atomic mass is 10.1. The van der Waals surface area contributed by atoms with E-state index < -0.39 is 5.91 Å². The molecule has 332 valence electrons. The highest BCUT2D eigenvalue weighted by molar-refractivity contribution is 6.06. The van der Waals surface area contributed by atoms with Gasteiger partial charge in [0.2, 0.25) is 11.9 Å². The summed E-state index contributed by atoms with van der Waals surface area (Å²) in [5.41, 5.74) is 12.6. The molecule has 5 N–H and O–H groups in total. The number of aromatic amines is 1. The lowest BCUT2D eigenvalue weighted by Crippen LogP contribution is -2.29. The van der Waals surface area contributed by atoms with Crippen molar-refractivity contribution in [2.45, 2.75) is 19.4 Å². The van der Waals surface area contributed by atoms with Crippen molar-refractivity contribution in [3.05, 3.63) is 113 Å². The van der Waals surface area contributed by atoms with Gasteiger partial charge < -0.3 is 49.9 Å². The average Bonchev–Trinajstić information content (AvgIpc) is 3.80. The number of hydrogen-bond acceptors (Lipinski definition) is 14. The minimum Gasteiger partial charge on any atom is -0.494 e. The van der Waals surface area contributed by atoms with E-state index in [-0.39, 0.29) is 42.9 Å². The number of likely N-dealkylation sites (N-methyl/N-ethyl adjacent to an activating group) is 2. The fourth-order valence-electron chi connectivity index (χ4n) is 7.10. The van der Waals surface area contributed by atoms with Gasteiger partial charge in [-0.3, -0.25) is 14.2 Å². The monoisotopic (exact) mass is 868 g/mol. The summed E-state index contributed by atoms with van der Waals surface area (Å²) >= 11 is 0. The Balaban J connectivity index is 1.02. The molecule has 0 aliphatic rings. The molecule has 0 saturated heterocycles. The maximum atomic E-state index is 13.4. The fraction of sp³-hybridized carbons (Fsp3) is 0.283. The Morgan fingerprint density at radius 3 is 2.47 bits per heavy atom. The van der Waals surface area contributed by atoms with Crippen LogP contribution in [0.3, 0.4) is 0 Å². The van der Waals surface area contributed by atoms with Gasteiger partial charge in [-0.15, -0.1) is 0 Å². The number of ketones is 1. The van der Waals surface area contributed by atoms with Gasteiger partial charge in [-0.05, 0) is 55.9 Å². The standard InChI is InChI=1S/C46H52N12O6/c1-55(2)21-22-56(3)38-26-39(63-6)36(51-44-48-20-19-34(50-44)33-28-57(4)37-10-8-7-9-32(33)37)25-35(38)49-40(60)18-17-31(59)16-15-29-11-13-30(14-12-29)27-58-43-41(52-46(58)61)42(47)53-45(54-43)64-24-23-62-5/h7-14,17-20,25-26,28H,15-16,21-24,27H2,1-6H3,(H,49,60)(H,52,61)(H2,47,53,54)(H,48,50,51)/b18-17+. The second kappa shape index (κ2) is 20.1. The molecule has 18 heteroatoms. The molecular formula is C46H52N12O6. The van der Waals surface area contributed by atoms with Crippen molar-refractivity contribution in [2.24, 2.45) is 7.05 Å². The van der Waals surface area contributed by atoms with Crippen LogP contribution in [0.2, 0.25) is 0 Å². The van der Waals surface area contributed by atoms with E-state index in [1.165, 1.54) is 16.7 Å². The number of allylic oxidation sites excluding steroid dienone is 1. The Morgan fingerprint density at radius 1 is 0.922 bits per heavy atom. The SMILES string of the molecule is COCCOc1nc(N)c2[nH]c(=O)n(Cc3ccc(CCC(=O)/C=C/C(=O)Nc4cc(Nc5nccc(-c6cn(C)c7ccccc67)n5)c(OC)cc4N(C)CCN(C)C)cc3)c2n1. The summed E-state index contributed by atoms with van der Waals surface area (Å²) < 4.78 is 19.9. The van der Waals surface area contributed by atoms with E-state index in [4.69, 9.17) is 24.9 Å². The van der Waals surface area contributed by atoms with Gasteiger partial charge in [-0.25, -0.2) is 14.8 Å².